The number of benzene rings is 1. The molecule has 0 radical (unpaired) electrons. The molecule has 3 rings (SSSR count). The van der Waals surface area contributed by atoms with Crippen molar-refractivity contribution in [2.45, 2.75) is 26.9 Å². The first-order chi connectivity index (χ1) is 12.7. The van der Waals surface area contributed by atoms with Gasteiger partial charge in [0, 0.05) is 12.7 Å². The Bertz CT molecular complexity index is 902. The average molecular weight is 352 g/mol. The predicted molar refractivity (Wildman–Crippen MR) is 102 cm³/mol. The van der Waals surface area contributed by atoms with E-state index in [9.17, 15) is 0 Å². The summed E-state index contributed by atoms with van der Waals surface area (Å²) in [6.45, 7) is 5.97. The lowest BCUT2D eigenvalue weighted by Gasteiger charge is -2.11. The van der Waals surface area contributed by atoms with Crippen molar-refractivity contribution < 1.29 is 4.74 Å². The summed E-state index contributed by atoms with van der Waals surface area (Å²) in [5.74, 6) is 2.42. The summed E-state index contributed by atoms with van der Waals surface area (Å²) in [5, 5.41) is 15.0. The Hall–Kier alpha value is -3.09. The van der Waals surface area contributed by atoms with Crippen LogP contribution in [0.4, 0.5) is 0 Å². The summed E-state index contributed by atoms with van der Waals surface area (Å²) in [4.78, 5) is 4.66. The molecule has 2 heterocycles. The van der Waals surface area contributed by atoms with Crippen LogP contribution in [0.3, 0.4) is 0 Å². The van der Waals surface area contributed by atoms with E-state index in [2.05, 4.69) is 38.8 Å². The Morgan fingerprint density at radius 2 is 2.08 bits per heavy atom. The summed E-state index contributed by atoms with van der Waals surface area (Å²) in [6, 6.07) is 12.0. The summed E-state index contributed by atoms with van der Waals surface area (Å²) >= 11 is 0. The third-order valence-corrected chi connectivity index (χ3v) is 3.91. The third-order valence-electron chi connectivity index (χ3n) is 3.91. The SMILES string of the molecule is CCNC(=NCc1cc(C)cc(OC)c1)NCc1nnc2ccccn12. The minimum absolute atomic E-state index is 0.536. The number of methoxy groups -OCH3 is 1. The van der Waals surface area contributed by atoms with Crippen molar-refractivity contribution in [2.75, 3.05) is 13.7 Å². The van der Waals surface area contributed by atoms with Gasteiger partial charge in [-0.15, -0.1) is 10.2 Å². The van der Waals surface area contributed by atoms with E-state index in [4.69, 9.17) is 4.74 Å². The molecule has 0 bridgehead atoms. The van der Waals surface area contributed by atoms with Crippen molar-refractivity contribution >= 4 is 11.6 Å². The highest BCUT2D eigenvalue weighted by molar-refractivity contribution is 5.79. The Balaban J connectivity index is 1.70. The van der Waals surface area contributed by atoms with Gasteiger partial charge < -0.3 is 15.4 Å². The maximum absolute atomic E-state index is 5.33. The molecule has 0 unspecified atom stereocenters. The number of hydrogen-bond donors (Lipinski definition) is 2. The number of ether oxygens (including phenoxy) is 1. The molecule has 7 heteroatoms. The molecule has 0 atom stereocenters. The topological polar surface area (TPSA) is 75.8 Å². The summed E-state index contributed by atoms with van der Waals surface area (Å²) < 4.78 is 7.29. The fraction of sp³-hybridized carbons (Fsp3) is 0.316. The maximum atomic E-state index is 5.33. The highest BCUT2D eigenvalue weighted by atomic mass is 16.5. The molecule has 0 spiro atoms. The molecule has 7 nitrogen and oxygen atoms in total. The number of rotatable bonds is 6. The van der Waals surface area contributed by atoms with Crippen molar-refractivity contribution in [1.29, 1.82) is 0 Å². The molecule has 0 saturated heterocycles. The number of aromatic nitrogens is 3. The van der Waals surface area contributed by atoms with Crippen LogP contribution in [-0.4, -0.2) is 34.2 Å². The minimum Gasteiger partial charge on any atom is -0.497 e. The van der Waals surface area contributed by atoms with Gasteiger partial charge in [-0.25, -0.2) is 4.99 Å². The van der Waals surface area contributed by atoms with Crippen LogP contribution in [0.15, 0.2) is 47.6 Å². The minimum atomic E-state index is 0.536. The molecule has 1 aromatic carbocycles. The van der Waals surface area contributed by atoms with Crippen LogP contribution in [0.2, 0.25) is 0 Å². The van der Waals surface area contributed by atoms with Gasteiger partial charge in [0.1, 0.15) is 5.75 Å². The molecular weight excluding hydrogens is 328 g/mol. The normalized spacial score (nSPS) is 11.6. The number of hydrogen-bond acceptors (Lipinski definition) is 4. The highest BCUT2D eigenvalue weighted by Gasteiger charge is 2.06. The lowest BCUT2D eigenvalue weighted by molar-refractivity contribution is 0.414. The van der Waals surface area contributed by atoms with Crippen molar-refractivity contribution in [3.05, 3.63) is 59.5 Å². The van der Waals surface area contributed by atoms with Gasteiger partial charge in [-0.3, -0.25) is 4.40 Å². The standard InChI is InChI=1S/C19H24N6O/c1-4-20-19(21-12-15-9-14(2)10-16(11-15)26-3)22-13-18-24-23-17-7-5-6-8-25(17)18/h5-11H,4,12-13H2,1-3H3,(H2,20,21,22). The largest absolute Gasteiger partial charge is 0.497 e. The van der Waals surface area contributed by atoms with Gasteiger partial charge >= 0.3 is 0 Å². The Morgan fingerprint density at radius 1 is 1.19 bits per heavy atom. The molecule has 0 amide bonds. The highest BCUT2D eigenvalue weighted by Crippen LogP contribution is 2.17. The lowest BCUT2D eigenvalue weighted by atomic mass is 10.1. The summed E-state index contributed by atoms with van der Waals surface area (Å²) in [5.41, 5.74) is 3.09. The lowest BCUT2D eigenvalue weighted by Crippen LogP contribution is -2.37. The molecule has 0 saturated carbocycles. The van der Waals surface area contributed by atoms with Gasteiger partial charge in [-0.2, -0.15) is 0 Å². The Labute approximate surface area is 153 Å². The average Bonchev–Trinajstić information content (AvgIpc) is 3.07. The van der Waals surface area contributed by atoms with Gasteiger partial charge in [0.25, 0.3) is 0 Å². The Kier molecular flexibility index (Phi) is 5.68. The van der Waals surface area contributed by atoms with E-state index in [1.54, 1.807) is 7.11 Å². The molecule has 2 N–H and O–H groups in total. The molecule has 26 heavy (non-hydrogen) atoms. The fourth-order valence-corrected chi connectivity index (χ4v) is 2.72. The second kappa shape index (κ2) is 8.33. The van der Waals surface area contributed by atoms with Crippen LogP contribution < -0.4 is 15.4 Å². The van der Waals surface area contributed by atoms with E-state index in [0.717, 1.165) is 40.9 Å². The van der Waals surface area contributed by atoms with E-state index >= 15 is 0 Å². The van der Waals surface area contributed by atoms with Gasteiger partial charge in [-0.1, -0.05) is 12.1 Å². The molecule has 0 aliphatic carbocycles. The molecule has 2 aromatic heterocycles. The molecule has 0 fully saturated rings. The van der Waals surface area contributed by atoms with E-state index in [1.807, 2.05) is 47.9 Å². The number of nitrogens with zero attached hydrogens (tertiary/aromatic N) is 4. The molecule has 136 valence electrons. The monoisotopic (exact) mass is 352 g/mol. The second-order valence-electron chi connectivity index (χ2n) is 5.95. The first-order valence-electron chi connectivity index (χ1n) is 8.65. The van der Waals surface area contributed by atoms with Crippen LogP contribution in [0.25, 0.3) is 5.65 Å². The smallest absolute Gasteiger partial charge is 0.191 e. The van der Waals surface area contributed by atoms with Gasteiger partial charge in [0.05, 0.1) is 20.2 Å². The quantitative estimate of drug-likeness (QED) is 0.526. The van der Waals surface area contributed by atoms with Crippen molar-refractivity contribution in [3.8, 4) is 5.75 Å². The zero-order valence-corrected chi connectivity index (χ0v) is 15.4. The predicted octanol–water partition coefficient (Wildman–Crippen LogP) is 2.30. The van der Waals surface area contributed by atoms with E-state index < -0.39 is 0 Å². The number of aliphatic imine (C=N–C) groups is 1. The molecule has 0 aliphatic heterocycles. The van der Waals surface area contributed by atoms with E-state index in [1.165, 1.54) is 0 Å². The van der Waals surface area contributed by atoms with Gasteiger partial charge in [0.2, 0.25) is 0 Å². The van der Waals surface area contributed by atoms with Crippen molar-refractivity contribution in [1.82, 2.24) is 25.2 Å². The summed E-state index contributed by atoms with van der Waals surface area (Å²) in [7, 11) is 1.68. The van der Waals surface area contributed by atoms with E-state index in [0.29, 0.717) is 13.1 Å². The van der Waals surface area contributed by atoms with Crippen LogP contribution in [0.1, 0.15) is 23.9 Å². The summed E-state index contributed by atoms with van der Waals surface area (Å²) in [6.07, 6.45) is 1.95. The molecular formula is C19H24N6O. The van der Waals surface area contributed by atoms with Crippen molar-refractivity contribution in [3.63, 3.8) is 0 Å². The zero-order chi connectivity index (χ0) is 18.4. The zero-order valence-electron chi connectivity index (χ0n) is 15.4. The fourth-order valence-electron chi connectivity index (χ4n) is 2.72. The van der Waals surface area contributed by atoms with Gasteiger partial charge in [0.15, 0.2) is 17.4 Å². The first kappa shape index (κ1) is 17.7. The number of guanidine groups is 1. The third kappa shape index (κ3) is 4.30. The van der Waals surface area contributed by atoms with Crippen LogP contribution >= 0.6 is 0 Å². The Morgan fingerprint density at radius 3 is 2.88 bits per heavy atom. The van der Waals surface area contributed by atoms with Gasteiger partial charge in [-0.05, 0) is 49.2 Å². The van der Waals surface area contributed by atoms with Crippen molar-refractivity contribution in [2.24, 2.45) is 4.99 Å². The van der Waals surface area contributed by atoms with Crippen LogP contribution in [0, 0.1) is 6.92 Å². The van der Waals surface area contributed by atoms with E-state index in [-0.39, 0.29) is 0 Å². The molecule has 0 aliphatic rings. The van der Waals surface area contributed by atoms with Crippen LogP contribution in [0.5, 0.6) is 5.75 Å². The molecule has 3 aromatic rings. The number of fused-ring (bicyclic) bond motifs is 1. The number of aryl methyl sites for hydroxylation is 1. The number of nitrogens with one attached hydrogen (secondary N) is 2. The second-order valence-corrected chi connectivity index (χ2v) is 5.95. The van der Waals surface area contributed by atoms with Crippen LogP contribution in [-0.2, 0) is 13.1 Å². The first-order valence-corrected chi connectivity index (χ1v) is 8.65. The maximum Gasteiger partial charge on any atom is 0.191 e. The number of pyridine rings is 1.